The van der Waals surface area contributed by atoms with Crippen molar-refractivity contribution in [3.8, 4) is 5.75 Å². The van der Waals surface area contributed by atoms with Crippen molar-refractivity contribution in [2.45, 2.75) is 38.6 Å². The lowest BCUT2D eigenvalue weighted by atomic mass is 9.95. The van der Waals surface area contributed by atoms with Gasteiger partial charge in [-0.05, 0) is 56.3 Å². The van der Waals surface area contributed by atoms with Gasteiger partial charge >= 0.3 is 0 Å². The molecule has 0 aliphatic carbocycles. The van der Waals surface area contributed by atoms with Crippen molar-refractivity contribution in [1.29, 1.82) is 0 Å². The molecule has 1 heterocycles. The highest BCUT2D eigenvalue weighted by atomic mass is 16.5. The molecule has 116 valence electrons. The monoisotopic (exact) mass is 290 g/mol. The van der Waals surface area contributed by atoms with E-state index in [0.29, 0.717) is 18.4 Å². The molecule has 0 saturated carbocycles. The average Bonchev–Trinajstić information content (AvgIpc) is 2.53. The fraction of sp³-hybridized carbons (Fsp3) is 0.588. The third-order valence-electron chi connectivity index (χ3n) is 4.15. The first-order valence-electron chi connectivity index (χ1n) is 7.80. The van der Waals surface area contributed by atoms with Crippen LogP contribution in [0.25, 0.3) is 0 Å². The first-order valence-corrected chi connectivity index (χ1v) is 7.80. The molecule has 0 bridgehead atoms. The van der Waals surface area contributed by atoms with E-state index >= 15 is 0 Å². The number of rotatable bonds is 6. The highest BCUT2D eigenvalue weighted by Crippen LogP contribution is 2.14. The third kappa shape index (κ3) is 5.38. The summed E-state index contributed by atoms with van der Waals surface area (Å²) >= 11 is 0. The number of ether oxygens (including phenoxy) is 1. The van der Waals surface area contributed by atoms with Gasteiger partial charge in [-0.3, -0.25) is 4.79 Å². The van der Waals surface area contributed by atoms with Crippen LogP contribution in [0.5, 0.6) is 5.75 Å². The lowest BCUT2D eigenvalue weighted by Gasteiger charge is -2.27. The number of aryl methyl sites for hydroxylation is 1. The Morgan fingerprint density at radius 3 is 2.71 bits per heavy atom. The molecule has 1 fully saturated rings. The van der Waals surface area contributed by atoms with Crippen LogP contribution in [-0.4, -0.2) is 32.1 Å². The summed E-state index contributed by atoms with van der Waals surface area (Å²) in [5.74, 6) is 1.57. The fourth-order valence-corrected chi connectivity index (χ4v) is 2.63. The van der Waals surface area contributed by atoms with Crippen LogP contribution >= 0.6 is 0 Å². The van der Waals surface area contributed by atoms with Gasteiger partial charge < -0.3 is 15.4 Å². The number of amides is 1. The second-order valence-corrected chi connectivity index (χ2v) is 5.90. The second kappa shape index (κ2) is 8.03. The summed E-state index contributed by atoms with van der Waals surface area (Å²) in [7, 11) is 1.66. The van der Waals surface area contributed by atoms with Gasteiger partial charge in [0.2, 0.25) is 5.91 Å². The minimum Gasteiger partial charge on any atom is -0.497 e. The number of piperidine rings is 1. The smallest absolute Gasteiger partial charge is 0.220 e. The van der Waals surface area contributed by atoms with Gasteiger partial charge in [-0.25, -0.2) is 0 Å². The van der Waals surface area contributed by atoms with Crippen LogP contribution in [0.3, 0.4) is 0 Å². The highest BCUT2D eigenvalue weighted by molar-refractivity contribution is 5.76. The summed E-state index contributed by atoms with van der Waals surface area (Å²) in [6.45, 7) is 4.02. The van der Waals surface area contributed by atoms with Crippen molar-refractivity contribution >= 4 is 5.91 Å². The predicted octanol–water partition coefficient (Wildman–Crippen LogP) is 2.13. The summed E-state index contributed by atoms with van der Waals surface area (Å²) in [6.07, 6.45) is 3.72. The van der Waals surface area contributed by atoms with Crippen LogP contribution in [0.2, 0.25) is 0 Å². The zero-order chi connectivity index (χ0) is 15.1. The summed E-state index contributed by atoms with van der Waals surface area (Å²) in [5.41, 5.74) is 1.17. The van der Waals surface area contributed by atoms with Crippen molar-refractivity contribution in [3.63, 3.8) is 0 Å². The molecular weight excluding hydrogens is 264 g/mol. The van der Waals surface area contributed by atoms with Crippen LogP contribution in [0.1, 0.15) is 31.7 Å². The molecule has 2 rings (SSSR count). The van der Waals surface area contributed by atoms with E-state index in [2.05, 4.69) is 17.6 Å². The van der Waals surface area contributed by atoms with Crippen molar-refractivity contribution < 1.29 is 9.53 Å². The minimum absolute atomic E-state index is 0.143. The Bertz CT molecular complexity index is 437. The van der Waals surface area contributed by atoms with Crippen molar-refractivity contribution in [2.24, 2.45) is 5.92 Å². The van der Waals surface area contributed by atoms with E-state index in [0.717, 1.165) is 25.3 Å². The van der Waals surface area contributed by atoms with Gasteiger partial charge in [-0.1, -0.05) is 12.1 Å². The van der Waals surface area contributed by atoms with E-state index in [1.54, 1.807) is 7.11 Å². The molecule has 1 aliphatic heterocycles. The molecule has 0 radical (unpaired) electrons. The number of hydrogen-bond donors (Lipinski definition) is 2. The van der Waals surface area contributed by atoms with Crippen LogP contribution in [0.4, 0.5) is 0 Å². The van der Waals surface area contributed by atoms with Gasteiger partial charge in [0, 0.05) is 19.0 Å². The van der Waals surface area contributed by atoms with Gasteiger partial charge in [0.25, 0.3) is 0 Å². The number of nitrogens with one attached hydrogen (secondary N) is 2. The van der Waals surface area contributed by atoms with E-state index < -0.39 is 0 Å². The molecular formula is C17H26N2O2. The Labute approximate surface area is 127 Å². The van der Waals surface area contributed by atoms with Crippen LogP contribution in [0, 0.1) is 5.92 Å². The van der Waals surface area contributed by atoms with Gasteiger partial charge in [-0.15, -0.1) is 0 Å². The normalized spacial score (nSPS) is 21.8. The van der Waals surface area contributed by atoms with E-state index in [4.69, 9.17) is 4.74 Å². The van der Waals surface area contributed by atoms with Crippen molar-refractivity contribution in [3.05, 3.63) is 29.8 Å². The van der Waals surface area contributed by atoms with Gasteiger partial charge in [0.05, 0.1) is 7.11 Å². The average molecular weight is 290 g/mol. The molecule has 2 atom stereocenters. The highest BCUT2D eigenvalue weighted by Gasteiger charge is 2.17. The molecule has 2 unspecified atom stereocenters. The Balaban J connectivity index is 1.65. The lowest BCUT2D eigenvalue weighted by molar-refractivity contribution is -0.121. The predicted molar refractivity (Wildman–Crippen MR) is 84.5 cm³/mol. The third-order valence-corrected chi connectivity index (χ3v) is 4.15. The number of carbonyl (C=O) groups is 1. The number of benzene rings is 1. The number of methoxy groups -OCH3 is 1. The maximum atomic E-state index is 11.9. The Morgan fingerprint density at radius 2 is 2.10 bits per heavy atom. The lowest BCUT2D eigenvalue weighted by Crippen LogP contribution is -2.42. The Kier molecular flexibility index (Phi) is 6.05. The zero-order valence-corrected chi connectivity index (χ0v) is 13.0. The van der Waals surface area contributed by atoms with Crippen LogP contribution < -0.4 is 15.4 Å². The standard InChI is InChI=1S/C17H26N2O2/c1-13-3-4-15(11-18-13)12-19-17(20)10-7-14-5-8-16(21-2)9-6-14/h5-6,8-9,13,15,18H,3-4,7,10-12H2,1-2H3,(H,19,20). The topological polar surface area (TPSA) is 50.4 Å². The summed E-state index contributed by atoms with van der Waals surface area (Å²) < 4.78 is 5.12. The van der Waals surface area contributed by atoms with E-state index in [-0.39, 0.29) is 5.91 Å². The number of hydrogen-bond acceptors (Lipinski definition) is 3. The molecule has 4 heteroatoms. The largest absolute Gasteiger partial charge is 0.497 e. The van der Waals surface area contributed by atoms with Gasteiger partial charge in [0.1, 0.15) is 5.75 Å². The SMILES string of the molecule is COc1ccc(CCC(=O)NCC2CCC(C)NC2)cc1. The van der Waals surface area contributed by atoms with Crippen molar-refractivity contribution in [2.75, 3.05) is 20.2 Å². The first-order chi connectivity index (χ1) is 10.2. The van der Waals surface area contributed by atoms with Gasteiger partial charge in [-0.2, -0.15) is 0 Å². The fourth-order valence-electron chi connectivity index (χ4n) is 2.63. The summed E-state index contributed by atoms with van der Waals surface area (Å²) in [5, 5.41) is 6.52. The maximum Gasteiger partial charge on any atom is 0.220 e. The quantitative estimate of drug-likeness (QED) is 0.844. The van der Waals surface area contributed by atoms with Crippen molar-refractivity contribution in [1.82, 2.24) is 10.6 Å². The van der Waals surface area contributed by atoms with Gasteiger partial charge in [0.15, 0.2) is 0 Å². The van der Waals surface area contributed by atoms with Crippen LogP contribution in [0.15, 0.2) is 24.3 Å². The minimum atomic E-state index is 0.143. The second-order valence-electron chi connectivity index (χ2n) is 5.90. The molecule has 0 spiro atoms. The Morgan fingerprint density at radius 1 is 1.33 bits per heavy atom. The molecule has 2 N–H and O–H groups in total. The molecule has 1 aliphatic rings. The summed E-state index contributed by atoms with van der Waals surface area (Å²) in [6, 6.07) is 8.51. The molecule has 1 aromatic carbocycles. The molecule has 1 aromatic rings. The molecule has 0 aromatic heterocycles. The first kappa shape index (κ1) is 15.8. The van der Waals surface area contributed by atoms with E-state index in [1.807, 2.05) is 24.3 Å². The number of carbonyl (C=O) groups excluding carboxylic acids is 1. The Hall–Kier alpha value is -1.55. The zero-order valence-electron chi connectivity index (χ0n) is 13.0. The molecule has 1 saturated heterocycles. The molecule has 21 heavy (non-hydrogen) atoms. The van der Waals surface area contributed by atoms with E-state index in [9.17, 15) is 4.79 Å². The molecule has 1 amide bonds. The molecule has 4 nitrogen and oxygen atoms in total. The summed E-state index contributed by atoms with van der Waals surface area (Å²) in [4.78, 5) is 11.9. The van der Waals surface area contributed by atoms with Crippen LogP contribution in [-0.2, 0) is 11.2 Å². The maximum absolute atomic E-state index is 11.9. The van der Waals surface area contributed by atoms with E-state index in [1.165, 1.54) is 18.4 Å².